The van der Waals surface area contributed by atoms with Crippen LogP contribution < -0.4 is 11.1 Å². The minimum atomic E-state index is -0.697. The molecule has 5 nitrogen and oxygen atoms in total. The van der Waals surface area contributed by atoms with Crippen LogP contribution in [0.1, 0.15) is 0 Å². The van der Waals surface area contributed by atoms with Crippen LogP contribution in [-0.2, 0) is 0 Å². The van der Waals surface area contributed by atoms with E-state index >= 15 is 0 Å². The Morgan fingerprint density at radius 2 is 1.67 bits per heavy atom. The zero-order valence-electron chi connectivity index (χ0n) is 8.59. The lowest BCUT2D eigenvalue weighted by molar-refractivity contribution is 0.629. The van der Waals surface area contributed by atoms with E-state index in [4.69, 9.17) is 40.5 Å². The molecule has 0 atom stereocenters. The van der Waals surface area contributed by atoms with E-state index < -0.39 is 5.82 Å². The van der Waals surface area contributed by atoms with Gasteiger partial charge in [-0.2, -0.15) is 15.0 Å². The molecule has 9 heteroatoms. The lowest BCUT2D eigenvalue weighted by atomic mass is 10.3. The Morgan fingerprint density at radius 1 is 1.06 bits per heavy atom. The van der Waals surface area contributed by atoms with Gasteiger partial charge in [0.25, 0.3) is 0 Å². The van der Waals surface area contributed by atoms with Gasteiger partial charge in [-0.15, -0.1) is 0 Å². The summed E-state index contributed by atoms with van der Waals surface area (Å²) < 4.78 is 13.2. The Bertz CT molecular complexity index is 563. The number of halogens is 4. The summed E-state index contributed by atoms with van der Waals surface area (Å²) in [5, 5.41) is 2.41. The molecule has 0 aliphatic heterocycles. The number of rotatable bonds is 2. The second kappa shape index (κ2) is 5.09. The molecule has 0 saturated heterocycles. The number of hydrogen-bond acceptors (Lipinski definition) is 5. The summed E-state index contributed by atoms with van der Waals surface area (Å²) in [6, 6.07) is 2.66. The van der Waals surface area contributed by atoms with Gasteiger partial charge in [0.15, 0.2) is 5.82 Å². The van der Waals surface area contributed by atoms with E-state index in [-0.39, 0.29) is 27.2 Å². The SMILES string of the molecule is Nc1nc(Cl)nc(Nc2cc(Cl)c(F)c(Cl)c2)n1. The molecule has 1 aromatic heterocycles. The van der Waals surface area contributed by atoms with Crippen LogP contribution in [0.5, 0.6) is 0 Å². The van der Waals surface area contributed by atoms with Crippen LogP contribution in [0.3, 0.4) is 0 Å². The Hall–Kier alpha value is -1.37. The summed E-state index contributed by atoms with van der Waals surface area (Å²) in [7, 11) is 0. The maximum Gasteiger partial charge on any atom is 0.233 e. The first-order valence-electron chi connectivity index (χ1n) is 4.54. The van der Waals surface area contributed by atoms with E-state index in [9.17, 15) is 4.39 Å². The minimum absolute atomic E-state index is 0.0446. The third-order valence-electron chi connectivity index (χ3n) is 1.87. The number of benzene rings is 1. The van der Waals surface area contributed by atoms with Gasteiger partial charge in [-0.05, 0) is 23.7 Å². The number of nitrogens with one attached hydrogen (secondary N) is 1. The highest BCUT2D eigenvalue weighted by atomic mass is 35.5. The average molecular weight is 309 g/mol. The molecule has 1 heterocycles. The van der Waals surface area contributed by atoms with Crippen molar-refractivity contribution in [3.63, 3.8) is 0 Å². The van der Waals surface area contributed by atoms with Crippen molar-refractivity contribution in [3.8, 4) is 0 Å². The van der Waals surface area contributed by atoms with E-state index in [0.29, 0.717) is 5.69 Å². The molecule has 0 radical (unpaired) electrons. The fraction of sp³-hybridized carbons (Fsp3) is 0. The van der Waals surface area contributed by atoms with Crippen molar-refractivity contribution in [3.05, 3.63) is 33.3 Å². The Balaban J connectivity index is 2.34. The van der Waals surface area contributed by atoms with E-state index in [1.54, 1.807) is 0 Å². The highest BCUT2D eigenvalue weighted by Gasteiger charge is 2.09. The molecule has 0 fully saturated rings. The molecule has 0 saturated carbocycles. The summed E-state index contributed by atoms with van der Waals surface area (Å²) in [5.41, 5.74) is 5.79. The second-order valence-electron chi connectivity index (χ2n) is 3.17. The first-order valence-corrected chi connectivity index (χ1v) is 5.67. The number of anilines is 3. The van der Waals surface area contributed by atoms with Crippen molar-refractivity contribution in [2.75, 3.05) is 11.1 Å². The van der Waals surface area contributed by atoms with Crippen LogP contribution in [0.2, 0.25) is 15.3 Å². The van der Waals surface area contributed by atoms with Gasteiger partial charge in [-0.3, -0.25) is 0 Å². The van der Waals surface area contributed by atoms with Gasteiger partial charge >= 0.3 is 0 Å². The van der Waals surface area contributed by atoms with Gasteiger partial charge in [0.2, 0.25) is 17.2 Å². The highest BCUT2D eigenvalue weighted by molar-refractivity contribution is 6.35. The quantitative estimate of drug-likeness (QED) is 0.832. The van der Waals surface area contributed by atoms with Crippen LogP contribution in [0.4, 0.5) is 22.0 Å². The van der Waals surface area contributed by atoms with Gasteiger partial charge < -0.3 is 11.1 Å². The lowest BCUT2D eigenvalue weighted by Gasteiger charge is -2.07. The third kappa shape index (κ3) is 2.90. The largest absolute Gasteiger partial charge is 0.368 e. The first-order chi connectivity index (χ1) is 8.45. The van der Waals surface area contributed by atoms with Crippen LogP contribution in [0.25, 0.3) is 0 Å². The summed E-state index contributed by atoms with van der Waals surface area (Å²) in [6.07, 6.45) is 0. The minimum Gasteiger partial charge on any atom is -0.368 e. The highest BCUT2D eigenvalue weighted by Crippen LogP contribution is 2.28. The monoisotopic (exact) mass is 307 g/mol. The van der Waals surface area contributed by atoms with Crippen molar-refractivity contribution in [2.45, 2.75) is 0 Å². The molecule has 18 heavy (non-hydrogen) atoms. The third-order valence-corrected chi connectivity index (χ3v) is 2.58. The van der Waals surface area contributed by atoms with E-state index in [1.165, 1.54) is 12.1 Å². The number of aromatic nitrogens is 3. The van der Waals surface area contributed by atoms with Crippen LogP contribution in [-0.4, -0.2) is 15.0 Å². The average Bonchev–Trinajstić information content (AvgIpc) is 2.24. The topological polar surface area (TPSA) is 76.7 Å². The van der Waals surface area contributed by atoms with Gasteiger partial charge in [0, 0.05) is 5.69 Å². The summed E-state index contributed by atoms with van der Waals surface area (Å²) in [4.78, 5) is 11.2. The summed E-state index contributed by atoms with van der Waals surface area (Å²) >= 11 is 16.9. The molecular weight excluding hydrogens is 303 g/mol. The molecule has 0 spiro atoms. The molecule has 0 aliphatic carbocycles. The maximum absolute atomic E-state index is 13.2. The van der Waals surface area contributed by atoms with Crippen LogP contribution >= 0.6 is 34.8 Å². The van der Waals surface area contributed by atoms with Crippen molar-refractivity contribution in [1.82, 2.24) is 15.0 Å². The number of nitrogen functional groups attached to an aromatic ring is 1. The number of nitrogens with two attached hydrogens (primary N) is 1. The van der Waals surface area contributed by atoms with Gasteiger partial charge in [-0.1, -0.05) is 23.2 Å². The smallest absolute Gasteiger partial charge is 0.233 e. The van der Waals surface area contributed by atoms with E-state index in [0.717, 1.165) is 0 Å². The predicted octanol–water partition coefficient (Wildman–Crippen LogP) is 3.30. The predicted molar refractivity (Wildman–Crippen MR) is 69.0 cm³/mol. The molecular formula is C9H5Cl3FN5. The van der Waals surface area contributed by atoms with Crippen LogP contribution in [0, 0.1) is 5.82 Å². The molecule has 2 rings (SSSR count). The Labute approximate surface area is 116 Å². The fourth-order valence-corrected chi connectivity index (χ4v) is 1.83. The van der Waals surface area contributed by atoms with Gasteiger partial charge in [0.05, 0.1) is 10.0 Å². The Kier molecular flexibility index (Phi) is 3.70. The van der Waals surface area contributed by atoms with Gasteiger partial charge in [-0.25, -0.2) is 4.39 Å². The van der Waals surface area contributed by atoms with E-state index in [2.05, 4.69) is 20.3 Å². The molecule has 3 N–H and O–H groups in total. The summed E-state index contributed by atoms with van der Waals surface area (Å²) in [6.45, 7) is 0. The lowest BCUT2D eigenvalue weighted by Crippen LogP contribution is -2.03. The zero-order valence-corrected chi connectivity index (χ0v) is 10.9. The van der Waals surface area contributed by atoms with Crippen LogP contribution in [0.15, 0.2) is 12.1 Å². The van der Waals surface area contributed by atoms with Crippen molar-refractivity contribution >= 4 is 52.4 Å². The second-order valence-corrected chi connectivity index (χ2v) is 4.32. The van der Waals surface area contributed by atoms with Crippen molar-refractivity contribution in [1.29, 1.82) is 0 Å². The van der Waals surface area contributed by atoms with Crippen molar-refractivity contribution < 1.29 is 4.39 Å². The number of hydrogen-bond donors (Lipinski definition) is 2. The zero-order chi connectivity index (χ0) is 13.3. The van der Waals surface area contributed by atoms with Crippen molar-refractivity contribution in [2.24, 2.45) is 0 Å². The molecule has 0 bridgehead atoms. The normalized spacial score (nSPS) is 10.4. The molecule has 0 aliphatic rings. The standard InChI is InChI=1S/C9H5Cl3FN5/c10-4-1-3(2-5(11)6(4)13)15-9-17-7(12)16-8(14)18-9/h1-2H,(H3,14,15,16,17,18). The molecule has 1 aromatic carbocycles. The molecule has 0 amide bonds. The number of nitrogens with zero attached hydrogens (tertiary/aromatic N) is 3. The van der Waals surface area contributed by atoms with E-state index in [1.807, 2.05) is 0 Å². The Morgan fingerprint density at radius 3 is 2.22 bits per heavy atom. The molecule has 94 valence electrons. The maximum atomic E-state index is 13.2. The first kappa shape index (κ1) is 13.1. The molecule has 0 unspecified atom stereocenters. The summed E-state index contributed by atoms with van der Waals surface area (Å²) in [5.74, 6) is -0.639. The van der Waals surface area contributed by atoms with Gasteiger partial charge in [0.1, 0.15) is 0 Å². The fourth-order valence-electron chi connectivity index (χ4n) is 1.18. The molecule has 2 aromatic rings.